The topological polar surface area (TPSA) is 144 Å². The normalized spacial score (nSPS) is 21.2. The molecule has 3 N–H and O–H groups in total. The first-order chi connectivity index (χ1) is 19.5. The number of aromatic amines is 2. The van der Waals surface area contributed by atoms with Crippen LogP contribution in [0.1, 0.15) is 41.0 Å². The number of hydrogen-bond acceptors (Lipinski definition) is 9. The summed E-state index contributed by atoms with van der Waals surface area (Å²) in [6, 6.07) is 5.97. The van der Waals surface area contributed by atoms with Crippen LogP contribution in [-0.4, -0.2) is 96.9 Å². The van der Waals surface area contributed by atoms with Gasteiger partial charge in [-0.15, -0.1) is 11.3 Å². The van der Waals surface area contributed by atoms with Gasteiger partial charge < -0.3 is 19.7 Å². The van der Waals surface area contributed by atoms with Crippen molar-refractivity contribution in [2.24, 2.45) is 4.99 Å². The van der Waals surface area contributed by atoms with Crippen LogP contribution in [0.5, 0.6) is 5.88 Å². The summed E-state index contributed by atoms with van der Waals surface area (Å²) in [4.78, 5) is 45.4. The Morgan fingerprint density at radius 3 is 2.77 bits per heavy atom. The summed E-state index contributed by atoms with van der Waals surface area (Å²) in [6.45, 7) is 4.93. The highest BCUT2D eigenvalue weighted by atomic mass is 32.1. The summed E-state index contributed by atoms with van der Waals surface area (Å²) in [5.41, 5.74) is 1.66. The minimum Gasteiger partial charge on any atom is -0.493 e. The van der Waals surface area contributed by atoms with E-state index in [0.29, 0.717) is 46.1 Å². The Morgan fingerprint density at radius 2 is 2.05 bits per heavy atom. The lowest BCUT2D eigenvalue weighted by molar-refractivity contribution is 0.0435. The maximum atomic E-state index is 13.4. The fraction of sp³-hybridized carbons (Fsp3) is 0.444. The molecule has 3 fully saturated rings. The van der Waals surface area contributed by atoms with Crippen LogP contribution in [0, 0.1) is 0 Å². The molecule has 40 heavy (non-hydrogen) atoms. The molecule has 3 aliphatic rings. The van der Waals surface area contributed by atoms with Crippen molar-refractivity contribution in [1.82, 2.24) is 34.4 Å². The van der Waals surface area contributed by atoms with E-state index in [1.54, 1.807) is 16.8 Å². The average Bonchev–Trinajstić information content (AvgIpc) is 3.34. The van der Waals surface area contributed by atoms with E-state index in [1.165, 1.54) is 11.3 Å². The quantitative estimate of drug-likeness (QED) is 0.314. The van der Waals surface area contributed by atoms with Crippen molar-refractivity contribution < 1.29 is 14.6 Å². The van der Waals surface area contributed by atoms with Crippen LogP contribution in [0.4, 0.5) is 0 Å². The first-order valence-corrected chi connectivity index (χ1v) is 14.5. The zero-order valence-corrected chi connectivity index (χ0v) is 22.7. The Balaban J connectivity index is 1.16. The molecule has 12 nitrogen and oxygen atoms in total. The van der Waals surface area contributed by atoms with E-state index in [4.69, 9.17) is 14.7 Å². The van der Waals surface area contributed by atoms with Crippen LogP contribution in [-0.2, 0) is 4.74 Å². The molecule has 4 aromatic rings. The van der Waals surface area contributed by atoms with Crippen LogP contribution in [0.3, 0.4) is 0 Å². The second kappa shape index (κ2) is 10.3. The molecule has 1 saturated carbocycles. The predicted molar refractivity (Wildman–Crippen MR) is 148 cm³/mol. The van der Waals surface area contributed by atoms with Crippen LogP contribution < -0.4 is 16.4 Å². The third-order valence-corrected chi connectivity index (χ3v) is 8.69. The molecule has 1 atom stereocenters. The van der Waals surface area contributed by atoms with Gasteiger partial charge >= 0.3 is 5.69 Å². The third kappa shape index (κ3) is 5.07. The molecular formula is C27H30N8O4S. The molecule has 2 saturated heterocycles. The van der Waals surface area contributed by atoms with Crippen molar-refractivity contribution in [2.75, 3.05) is 39.3 Å². The van der Waals surface area contributed by atoms with Gasteiger partial charge in [-0.3, -0.25) is 19.7 Å². The number of nitrogens with one attached hydrogen (secondary N) is 2. The molecule has 1 unspecified atom stereocenters. The number of fused-ring (bicyclic) bond motifs is 1. The van der Waals surface area contributed by atoms with Crippen molar-refractivity contribution in [3.63, 3.8) is 0 Å². The third-order valence-electron chi connectivity index (χ3n) is 7.59. The number of carbonyl (C=O) groups is 1. The Kier molecular flexibility index (Phi) is 6.48. The fourth-order valence-electron chi connectivity index (χ4n) is 5.28. The summed E-state index contributed by atoms with van der Waals surface area (Å²) in [6.07, 6.45) is 7.92. The van der Waals surface area contributed by atoms with Gasteiger partial charge in [-0.25, -0.2) is 9.78 Å². The molecule has 0 aromatic carbocycles. The number of amides is 1. The number of piperazine rings is 1. The molecule has 7 rings (SSSR count). The summed E-state index contributed by atoms with van der Waals surface area (Å²) >= 11 is 1.42. The number of rotatable bonds is 6. The lowest BCUT2D eigenvalue weighted by atomic mass is 10.2. The summed E-state index contributed by atoms with van der Waals surface area (Å²) in [5.74, 6) is -0.209. The molecule has 1 aliphatic carbocycles. The van der Waals surface area contributed by atoms with E-state index < -0.39 is 5.69 Å². The first kappa shape index (κ1) is 25.2. The maximum absolute atomic E-state index is 13.4. The highest BCUT2D eigenvalue weighted by Gasteiger charge is 2.26. The summed E-state index contributed by atoms with van der Waals surface area (Å²) < 4.78 is 7.45. The minimum atomic E-state index is -0.502. The predicted octanol–water partition coefficient (Wildman–Crippen LogP) is 0.727. The number of imidazole rings is 1. The summed E-state index contributed by atoms with van der Waals surface area (Å²) in [5, 5.41) is 15.1. The van der Waals surface area contributed by atoms with Gasteiger partial charge in [-0.2, -0.15) is 9.61 Å². The first-order valence-electron chi connectivity index (χ1n) is 13.7. The Morgan fingerprint density at radius 1 is 1.20 bits per heavy atom. The highest BCUT2D eigenvalue weighted by molar-refractivity contribution is 7.17. The minimum absolute atomic E-state index is 0.0437. The van der Waals surface area contributed by atoms with Crippen LogP contribution in [0.25, 0.3) is 22.3 Å². The van der Waals surface area contributed by atoms with Crippen LogP contribution >= 0.6 is 11.3 Å². The molecule has 0 spiro atoms. The number of ether oxygens (including phenoxy) is 1. The van der Waals surface area contributed by atoms with Crippen molar-refractivity contribution in [1.29, 1.82) is 0 Å². The van der Waals surface area contributed by atoms with Gasteiger partial charge in [0, 0.05) is 50.6 Å². The van der Waals surface area contributed by atoms with Gasteiger partial charge in [0.2, 0.25) is 5.88 Å². The molecule has 4 aromatic heterocycles. The van der Waals surface area contributed by atoms with Gasteiger partial charge in [-0.1, -0.05) is 0 Å². The largest absolute Gasteiger partial charge is 0.493 e. The number of H-pyrrole nitrogens is 2. The summed E-state index contributed by atoms with van der Waals surface area (Å²) in [7, 11) is 0. The van der Waals surface area contributed by atoms with Gasteiger partial charge in [0.25, 0.3) is 5.91 Å². The molecule has 0 bridgehead atoms. The highest BCUT2D eigenvalue weighted by Crippen LogP contribution is 2.28. The lowest BCUT2D eigenvalue weighted by Crippen LogP contribution is -2.50. The van der Waals surface area contributed by atoms with Gasteiger partial charge in [0.05, 0.1) is 33.8 Å². The van der Waals surface area contributed by atoms with Crippen molar-refractivity contribution >= 4 is 29.0 Å². The second-order valence-corrected chi connectivity index (χ2v) is 11.7. The second-order valence-electron chi connectivity index (χ2n) is 10.6. The van der Waals surface area contributed by atoms with Crippen molar-refractivity contribution in [3.8, 4) is 16.5 Å². The monoisotopic (exact) mass is 562 g/mol. The van der Waals surface area contributed by atoms with E-state index in [0.717, 1.165) is 56.8 Å². The maximum Gasteiger partial charge on any atom is 0.326 e. The zero-order valence-electron chi connectivity index (χ0n) is 21.9. The molecule has 2 aliphatic heterocycles. The average molecular weight is 563 g/mol. The van der Waals surface area contributed by atoms with Crippen molar-refractivity contribution in [2.45, 2.75) is 37.8 Å². The molecule has 1 amide bonds. The number of aromatic nitrogens is 5. The standard InChI is InChI=1S/C27H30N8O4S/c36-25-20(31-27(38)32-25)12-16-14-28-35-23(29-17-3-4-17)13-19(30-24(16)35)21-5-6-22(40-21)26(37)34-9-7-33(8-10-34)15-18-2-1-11-39-18/h5-6,12-14,17-18,36H,1-4,7-11,15H2,(H2,31,32,38). The van der Waals surface area contributed by atoms with E-state index in [-0.39, 0.29) is 23.5 Å². The number of hydrogen-bond donors (Lipinski definition) is 3. The van der Waals surface area contributed by atoms with Crippen LogP contribution in [0.2, 0.25) is 0 Å². The van der Waals surface area contributed by atoms with Gasteiger partial charge in [-0.05, 0) is 43.9 Å². The lowest BCUT2D eigenvalue weighted by Gasteiger charge is -2.35. The van der Waals surface area contributed by atoms with E-state index in [9.17, 15) is 14.7 Å². The number of aromatic hydroxyl groups is 1. The van der Waals surface area contributed by atoms with Crippen LogP contribution in [0.15, 0.2) is 34.2 Å². The number of carbonyl (C=O) groups excluding carboxylic acids is 1. The smallest absolute Gasteiger partial charge is 0.326 e. The SMILES string of the molecule is O=C(c1ccc(-c2cc(=NC3CC3)n3ncc(=Cc4[nH]c(=O)[nH]c4O)c3n2)s1)N1CCN(CC2CCCO2)CC1. The van der Waals surface area contributed by atoms with E-state index >= 15 is 0 Å². The number of nitrogens with zero attached hydrogens (tertiary/aromatic N) is 6. The molecule has 13 heteroatoms. The van der Waals surface area contributed by atoms with Crippen molar-refractivity contribution in [3.05, 3.63) is 56.2 Å². The molecule has 208 valence electrons. The Labute approximate surface area is 232 Å². The van der Waals surface area contributed by atoms with E-state index in [2.05, 4.69) is 20.0 Å². The molecular weight excluding hydrogens is 532 g/mol. The van der Waals surface area contributed by atoms with Gasteiger partial charge in [0.15, 0.2) is 11.1 Å². The fourth-order valence-corrected chi connectivity index (χ4v) is 6.21. The van der Waals surface area contributed by atoms with E-state index in [1.807, 2.05) is 23.1 Å². The Hall–Kier alpha value is -3.81. The Bertz CT molecular complexity index is 1740. The molecule has 6 heterocycles. The number of thiophene rings is 1. The van der Waals surface area contributed by atoms with Gasteiger partial charge in [0.1, 0.15) is 5.69 Å². The molecule has 0 radical (unpaired) electrons. The zero-order chi connectivity index (χ0) is 27.2.